The monoisotopic (exact) mass is 241 g/mol. The van der Waals surface area contributed by atoms with E-state index < -0.39 is 0 Å². The number of hydrogen-bond acceptors (Lipinski definition) is 5. The Labute approximate surface area is 94.7 Å². The molecule has 0 saturated heterocycles. The van der Waals surface area contributed by atoms with Gasteiger partial charge in [0.1, 0.15) is 11.6 Å². The summed E-state index contributed by atoms with van der Waals surface area (Å²) in [5.41, 5.74) is 6.10. The van der Waals surface area contributed by atoms with Crippen molar-refractivity contribution in [2.24, 2.45) is 0 Å². The van der Waals surface area contributed by atoms with E-state index in [9.17, 15) is 4.39 Å². The Balaban J connectivity index is 2.24. The standard InChI is InChI=1S/C9H8FN3S2/c1-5-12-9(15-13-5)14-8-3-2-6(10)4-7(8)11/h2-4H,11H2,1H3. The number of nitrogens with zero attached hydrogens (tertiary/aromatic N) is 2. The summed E-state index contributed by atoms with van der Waals surface area (Å²) < 4.78 is 17.6. The summed E-state index contributed by atoms with van der Waals surface area (Å²) in [5.74, 6) is 0.411. The van der Waals surface area contributed by atoms with Crippen molar-refractivity contribution in [2.75, 3.05) is 5.73 Å². The molecule has 0 amide bonds. The topological polar surface area (TPSA) is 51.8 Å². The smallest absolute Gasteiger partial charge is 0.174 e. The van der Waals surface area contributed by atoms with Crippen molar-refractivity contribution in [1.29, 1.82) is 0 Å². The fourth-order valence-electron chi connectivity index (χ4n) is 1.03. The molecular formula is C9H8FN3S2. The summed E-state index contributed by atoms with van der Waals surface area (Å²) in [5, 5.41) is 0. The van der Waals surface area contributed by atoms with Crippen LogP contribution in [-0.4, -0.2) is 9.36 Å². The Morgan fingerprint density at radius 2 is 2.27 bits per heavy atom. The van der Waals surface area contributed by atoms with Crippen LogP contribution in [0, 0.1) is 12.7 Å². The highest BCUT2D eigenvalue weighted by Crippen LogP contribution is 2.33. The van der Waals surface area contributed by atoms with E-state index in [-0.39, 0.29) is 5.82 Å². The van der Waals surface area contributed by atoms with Gasteiger partial charge in [0.15, 0.2) is 4.34 Å². The second-order valence-corrected chi connectivity index (χ2v) is 4.93. The maximum Gasteiger partial charge on any atom is 0.174 e. The van der Waals surface area contributed by atoms with Crippen molar-refractivity contribution < 1.29 is 4.39 Å². The van der Waals surface area contributed by atoms with Gasteiger partial charge in [0.2, 0.25) is 0 Å². The Hall–Kier alpha value is -1.14. The van der Waals surface area contributed by atoms with Crippen LogP contribution in [-0.2, 0) is 0 Å². The van der Waals surface area contributed by atoms with Crippen molar-refractivity contribution in [3.8, 4) is 0 Å². The molecule has 3 nitrogen and oxygen atoms in total. The number of nitrogens with two attached hydrogens (primary N) is 1. The highest BCUT2D eigenvalue weighted by Gasteiger charge is 2.06. The van der Waals surface area contributed by atoms with E-state index in [0.717, 1.165) is 15.1 Å². The zero-order chi connectivity index (χ0) is 10.8. The molecule has 0 atom stereocenters. The lowest BCUT2D eigenvalue weighted by Gasteiger charge is -2.01. The number of aryl methyl sites for hydroxylation is 1. The van der Waals surface area contributed by atoms with Gasteiger partial charge in [-0.2, -0.15) is 4.37 Å². The van der Waals surface area contributed by atoms with Gasteiger partial charge in [0.05, 0.1) is 0 Å². The van der Waals surface area contributed by atoms with Gasteiger partial charge in [-0.3, -0.25) is 0 Å². The predicted octanol–water partition coefficient (Wildman–Crippen LogP) is 2.72. The first-order valence-corrected chi connectivity index (χ1v) is 5.77. The first-order chi connectivity index (χ1) is 7.15. The third-order valence-corrected chi connectivity index (χ3v) is 3.61. The molecule has 15 heavy (non-hydrogen) atoms. The summed E-state index contributed by atoms with van der Waals surface area (Å²) >= 11 is 2.71. The molecule has 0 saturated carbocycles. The summed E-state index contributed by atoms with van der Waals surface area (Å²) in [6, 6.07) is 4.33. The summed E-state index contributed by atoms with van der Waals surface area (Å²) in [4.78, 5) is 4.99. The lowest BCUT2D eigenvalue weighted by molar-refractivity contribution is 0.627. The third kappa shape index (κ3) is 2.45. The molecule has 0 aliphatic rings. The van der Waals surface area contributed by atoms with Gasteiger partial charge in [-0.15, -0.1) is 0 Å². The molecule has 78 valence electrons. The van der Waals surface area contributed by atoms with Gasteiger partial charge in [-0.05, 0) is 36.7 Å². The minimum Gasteiger partial charge on any atom is -0.398 e. The van der Waals surface area contributed by atoms with Gasteiger partial charge >= 0.3 is 0 Å². The first kappa shape index (κ1) is 10.4. The average molecular weight is 241 g/mol. The van der Waals surface area contributed by atoms with E-state index in [4.69, 9.17) is 5.73 Å². The lowest BCUT2D eigenvalue weighted by atomic mass is 10.3. The minimum atomic E-state index is -0.328. The van der Waals surface area contributed by atoms with Crippen LogP contribution in [0.4, 0.5) is 10.1 Å². The van der Waals surface area contributed by atoms with Crippen LogP contribution in [0.2, 0.25) is 0 Å². The zero-order valence-corrected chi connectivity index (χ0v) is 9.53. The second-order valence-electron chi connectivity index (χ2n) is 2.89. The minimum absolute atomic E-state index is 0.328. The molecule has 6 heteroatoms. The zero-order valence-electron chi connectivity index (χ0n) is 7.90. The number of benzene rings is 1. The molecule has 1 heterocycles. The van der Waals surface area contributed by atoms with Crippen LogP contribution >= 0.6 is 23.3 Å². The van der Waals surface area contributed by atoms with Crippen LogP contribution in [0.5, 0.6) is 0 Å². The molecule has 2 aromatic rings. The molecule has 0 bridgehead atoms. The normalized spacial score (nSPS) is 10.5. The number of hydrogen-bond donors (Lipinski definition) is 1. The van der Waals surface area contributed by atoms with Crippen molar-refractivity contribution in [3.05, 3.63) is 29.8 Å². The summed E-state index contributed by atoms with van der Waals surface area (Å²) in [6.45, 7) is 1.83. The third-order valence-electron chi connectivity index (χ3n) is 1.68. The summed E-state index contributed by atoms with van der Waals surface area (Å²) in [6.07, 6.45) is 0. The van der Waals surface area contributed by atoms with E-state index in [0.29, 0.717) is 5.69 Å². The maximum absolute atomic E-state index is 12.8. The molecular weight excluding hydrogens is 233 g/mol. The molecule has 2 rings (SSSR count). The number of aromatic nitrogens is 2. The molecule has 1 aromatic heterocycles. The highest BCUT2D eigenvalue weighted by atomic mass is 32.2. The molecule has 0 fully saturated rings. The van der Waals surface area contributed by atoms with Crippen LogP contribution < -0.4 is 5.73 Å². The van der Waals surface area contributed by atoms with Crippen molar-refractivity contribution in [1.82, 2.24) is 9.36 Å². The van der Waals surface area contributed by atoms with Gasteiger partial charge in [-0.25, -0.2) is 9.37 Å². The quantitative estimate of drug-likeness (QED) is 0.821. The Bertz CT molecular complexity index is 484. The van der Waals surface area contributed by atoms with E-state index in [1.54, 1.807) is 6.07 Å². The van der Waals surface area contributed by atoms with Crippen molar-refractivity contribution >= 4 is 29.0 Å². The number of nitrogen functional groups attached to an aromatic ring is 1. The largest absolute Gasteiger partial charge is 0.398 e. The Morgan fingerprint density at radius 3 is 2.87 bits per heavy atom. The van der Waals surface area contributed by atoms with Crippen LogP contribution in [0.1, 0.15) is 5.82 Å². The molecule has 2 N–H and O–H groups in total. The van der Waals surface area contributed by atoms with Crippen molar-refractivity contribution in [2.45, 2.75) is 16.2 Å². The number of rotatable bonds is 2. The SMILES string of the molecule is Cc1nsc(Sc2ccc(F)cc2N)n1. The molecule has 0 aliphatic carbocycles. The first-order valence-electron chi connectivity index (χ1n) is 4.18. The van der Waals surface area contributed by atoms with Gasteiger partial charge in [-0.1, -0.05) is 11.8 Å². The summed E-state index contributed by atoms with van der Waals surface area (Å²) in [7, 11) is 0. The fraction of sp³-hybridized carbons (Fsp3) is 0.111. The molecule has 0 aliphatic heterocycles. The number of halogens is 1. The van der Waals surface area contributed by atoms with Crippen molar-refractivity contribution in [3.63, 3.8) is 0 Å². The van der Waals surface area contributed by atoms with E-state index >= 15 is 0 Å². The van der Waals surface area contributed by atoms with Gasteiger partial charge in [0, 0.05) is 10.6 Å². The van der Waals surface area contributed by atoms with Crippen LogP contribution in [0.3, 0.4) is 0 Å². The predicted molar refractivity (Wildman–Crippen MR) is 59.6 cm³/mol. The van der Waals surface area contributed by atoms with E-state index in [1.807, 2.05) is 6.92 Å². The molecule has 0 spiro atoms. The Morgan fingerprint density at radius 1 is 1.47 bits per heavy atom. The lowest BCUT2D eigenvalue weighted by Crippen LogP contribution is -1.89. The Kier molecular flexibility index (Phi) is 2.88. The maximum atomic E-state index is 12.8. The fourth-order valence-corrected chi connectivity index (χ4v) is 2.66. The number of anilines is 1. The van der Waals surface area contributed by atoms with E-state index in [2.05, 4.69) is 9.36 Å². The van der Waals surface area contributed by atoms with Crippen LogP contribution in [0.15, 0.2) is 27.4 Å². The second kappa shape index (κ2) is 4.16. The molecule has 1 aromatic carbocycles. The average Bonchev–Trinajstić information content (AvgIpc) is 2.56. The molecule has 0 unspecified atom stereocenters. The highest BCUT2D eigenvalue weighted by molar-refractivity contribution is 8.01. The molecule has 0 radical (unpaired) electrons. The van der Waals surface area contributed by atoms with Gasteiger partial charge < -0.3 is 5.73 Å². The van der Waals surface area contributed by atoms with E-state index in [1.165, 1.54) is 35.4 Å². The van der Waals surface area contributed by atoms with Crippen LogP contribution in [0.25, 0.3) is 0 Å². The van der Waals surface area contributed by atoms with Gasteiger partial charge in [0.25, 0.3) is 0 Å².